The topological polar surface area (TPSA) is 29.1 Å². The van der Waals surface area contributed by atoms with Gasteiger partial charge in [0.25, 0.3) is 0 Å². The molecular weight excluding hydrogens is 330 g/mol. The van der Waals surface area contributed by atoms with E-state index in [0.29, 0.717) is 11.4 Å². The second kappa shape index (κ2) is 8.00. The molecule has 0 heterocycles. The summed E-state index contributed by atoms with van der Waals surface area (Å²) >= 11 is 6.01. The largest absolute Gasteiger partial charge is 0.378 e. The van der Waals surface area contributed by atoms with Crippen molar-refractivity contribution in [2.75, 3.05) is 5.32 Å². The lowest BCUT2D eigenvalue weighted by Gasteiger charge is -2.20. The van der Waals surface area contributed by atoms with Crippen LogP contribution in [0.25, 0.3) is 0 Å². The molecule has 3 aromatic carbocycles. The van der Waals surface area contributed by atoms with Crippen LogP contribution in [0.1, 0.15) is 33.9 Å². The molecule has 126 valence electrons. The number of nitrogens with one attached hydrogen (secondary N) is 1. The number of halogens is 1. The lowest BCUT2D eigenvalue weighted by Crippen LogP contribution is -2.16. The van der Waals surface area contributed by atoms with Gasteiger partial charge in [-0.3, -0.25) is 4.79 Å². The van der Waals surface area contributed by atoms with Gasteiger partial charge in [0, 0.05) is 22.7 Å². The summed E-state index contributed by atoms with van der Waals surface area (Å²) in [5.41, 5.74) is 3.94. The average Bonchev–Trinajstić information content (AvgIpc) is 2.62. The van der Waals surface area contributed by atoms with Crippen LogP contribution in [-0.4, -0.2) is 5.78 Å². The summed E-state index contributed by atoms with van der Waals surface area (Å²) in [5, 5.41) is 4.18. The molecule has 0 aromatic heterocycles. The maximum absolute atomic E-state index is 12.7. The third-order valence-corrected chi connectivity index (χ3v) is 4.37. The molecule has 3 rings (SSSR count). The molecule has 3 heteroatoms. The van der Waals surface area contributed by atoms with Crippen molar-refractivity contribution in [2.45, 2.75) is 19.4 Å². The Morgan fingerprint density at radius 1 is 0.960 bits per heavy atom. The van der Waals surface area contributed by atoms with Gasteiger partial charge in [0.2, 0.25) is 0 Å². The molecule has 1 unspecified atom stereocenters. The summed E-state index contributed by atoms with van der Waals surface area (Å²) in [5.74, 6) is 0.112. The van der Waals surface area contributed by atoms with Crippen LogP contribution >= 0.6 is 11.6 Å². The molecule has 0 saturated carbocycles. The van der Waals surface area contributed by atoms with Crippen LogP contribution in [0.5, 0.6) is 0 Å². The first-order valence-corrected chi connectivity index (χ1v) is 8.66. The van der Waals surface area contributed by atoms with Gasteiger partial charge in [-0.05, 0) is 42.3 Å². The summed E-state index contributed by atoms with van der Waals surface area (Å²) in [4.78, 5) is 12.7. The lowest BCUT2D eigenvalue weighted by atomic mass is 9.97. The van der Waals surface area contributed by atoms with Gasteiger partial charge in [-0.25, -0.2) is 0 Å². The smallest absolute Gasteiger partial charge is 0.165 e. The van der Waals surface area contributed by atoms with Crippen molar-refractivity contribution >= 4 is 23.1 Å². The Kier molecular flexibility index (Phi) is 5.52. The number of hydrogen-bond acceptors (Lipinski definition) is 2. The molecule has 0 aliphatic carbocycles. The predicted octanol–water partition coefficient (Wildman–Crippen LogP) is 6.07. The van der Waals surface area contributed by atoms with E-state index in [2.05, 4.69) is 24.4 Å². The average molecular weight is 350 g/mol. The summed E-state index contributed by atoms with van der Waals surface area (Å²) in [6, 6.07) is 25.1. The lowest BCUT2D eigenvalue weighted by molar-refractivity contribution is 0.0976. The SMILES string of the molecule is Cc1cccc(NC(CC(=O)c2ccccc2)c2ccc(Cl)cc2)c1. The molecule has 0 amide bonds. The minimum Gasteiger partial charge on any atom is -0.378 e. The van der Waals surface area contributed by atoms with Crippen molar-refractivity contribution in [1.82, 2.24) is 0 Å². The van der Waals surface area contributed by atoms with Gasteiger partial charge in [-0.2, -0.15) is 0 Å². The van der Waals surface area contributed by atoms with Crippen LogP contribution < -0.4 is 5.32 Å². The summed E-state index contributed by atoms with van der Waals surface area (Å²) < 4.78 is 0. The maximum Gasteiger partial charge on any atom is 0.165 e. The van der Waals surface area contributed by atoms with E-state index in [1.165, 1.54) is 5.56 Å². The summed E-state index contributed by atoms with van der Waals surface area (Å²) in [6.45, 7) is 2.05. The van der Waals surface area contributed by atoms with Gasteiger partial charge in [0.1, 0.15) is 0 Å². The monoisotopic (exact) mass is 349 g/mol. The predicted molar refractivity (Wildman–Crippen MR) is 104 cm³/mol. The van der Waals surface area contributed by atoms with E-state index in [4.69, 9.17) is 11.6 Å². The molecule has 0 aliphatic heterocycles. The van der Waals surface area contributed by atoms with Crippen molar-refractivity contribution in [2.24, 2.45) is 0 Å². The van der Waals surface area contributed by atoms with Crippen molar-refractivity contribution in [3.05, 3.63) is 101 Å². The first-order chi connectivity index (χ1) is 12.1. The molecule has 25 heavy (non-hydrogen) atoms. The molecule has 1 atom stereocenters. The Balaban J connectivity index is 1.86. The van der Waals surface area contributed by atoms with E-state index >= 15 is 0 Å². The number of carbonyl (C=O) groups is 1. The van der Waals surface area contributed by atoms with Gasteiger partial charge in [-0.1, -0.05) is 66.2 Å². The van der Waals surface area contributed by atoms with Crippen LogP contribution in [-0.2, 0) is 0 Å². The number of carbonyl (C=O) groups excluding carboxylic acids is 1. The highest BCUT2D eigenvalue weighted by Crippen LogP contribution is 2.26. The standard InChI is InChI=1S/C22H20ClNO/c1-16-6-5-9-20(14-16)24-21(17-10-12-19(23)13-11-17)15-22(25)18-7-3-2-4-8-18/h2-14,21,24H,15H2,1H3. The number of anilines is 1. The van der Waals surface area contributed by atoms with Crippen molar-refractivity contribution in [1.29, 1.82) is 0 Å². The van der Waals surface area contributed by atoms with Crippen LogP contribution in [0.15, 0.2) is 78.9 Å². The molecular formula is C22H20ClNO. The molecule has 2 nitrogen and oxygen atoms in total. The van der Waals surface area contributed by atoms with Crippen molar-refractivity contribution in [3.63, 3.8) is 0 Å². The number of ketones is 1. The number of Topliss-reactive ketones (excluding diaryl/α,β-unsaturated/α-hetero) is 1. The molecule has 3 aromatic rings. The highest BCUT2D eigenvalue weighted by Gasteiger charge is 2.17. The van der Waals surface area contributed by atoms with E-state index in [9.17, 15) is 4.79 Å². The molecule has 0 saturated heterocycles. The van der Waals surface area contributed by atoms with E-state index in [1.807, 2.05) is 66.7 Å². The fourth-order valence-electron chi connectivity index (χ4n) is 2.81. The zero-order chi connectivity index (χ0) is 17.6. The van der Waals surface area contributed by atoms with E-state index < -0.39 is 0 Å². The highest BCUT2D eigenvalue weighted by atomic mass is 35.5. The van der Waals surface area contributed by atoms with Gasteiger partial charge in [-0.15, -0.1) is 0 Å². The zero-order valence-electron chi connectivity index (χ0n) is 14.1. The van der Waals surface area contributed by atoms with Gasteiger partial charge >= 0.3 is 0 Å². The third-order valence-electron chi connectivity index (χ3n) is 4.12. The minimum absolute atomic E-state index is 0.112. The Morgan fingerprint density at radius 3 is 2.36 bits per heavy atom. The second-order valence-corrected chi connectivity index (χ2v) is 6.55. The molecule has 0 spiro atoms. The normalized spacial score (nSPS) is 11.8. The van der Waals surface area contributed by atoms with Crippen LogP contribution in [0.3, 0.4) is 0 Å². The highest BCUT2D eigenvalue weighted by molar-refractivity contribution is 6.30. The van der Waals surface area contributed by atoms with Crippen LogP contribution in [0.4, 0.5) is 5.69 Å². The van der Waals surface area contributed by atoms with Crippen LogP contribution in [0.2, 0.25) is 5.02 Å². The van der Waals surface area contributed by atoms with E-state index in [1.54, 1.807) is 0 Å². The molecule has 0 aliphatic rings. The third kappa shape index (κ3) is 4.71. The zero-order valence-corrected chi connectivity index (χ0v) is 14.8. The summed E-state index contributed by atoms with van der Waals surface area (Å²) in [6.07, 6.45) is 0.375. The Hall–Kier alpha value is -2.58. The Bertz CT molecular complexity index is 843. The summed E-state index contributed by atoms with van der Waals surface area (Å²) in [7, 11) is 0. The number of rotatable bonds is 6. The number of aryl methyl sites for hydroxylation is 1. The molecule has 0 radical (unpaired) electrons. The van der Waals surface area contributed by atoms with Crippen LogP contribution in [0, 0.1) is 6.92 Å². The van der Waals surface area contributed by atoms with Crippen molar-refractivity contribution in [3.8, 4) is 0 Å². The Labute approximate surface area is 153 Å². The second-order valence-electron chi connectivity index (χ2n) is 6.11. The molecule has 0 bridgehead atoms. The first-order valence-electron chi connectivity index (χ1n) is 8.29. The van der Waals surface area contributed by atoms with E-state index in [-0.39, 0.29) is 11.8 Å². The first kappa shape index (κ1) is 17.2. The van der Waals surface area contributed by atoms with Gasteiger partial charge < -0.3 is 5.32 Å². The minimum atomic E-state index is -0.119. The number of benzene rings is 3. The van der Waals surface area contributed by atoms with E-state index in [0.717, 1.165) is 16.8 Å². The van der Waals surface area contributed by atoms with Gasteiger partial charge in [0.15, 0.2) is 5.78 Å². The van der Waals surface area contributed by atoms with Gasteiger partial charge in [0.05, 0.1) is 6.04 Å². The fourth-order valence-corrected chi connectivity index (χ4v) is 2.94. The maximum atomic E-state index is 12.7. The fraction of sp³-hybridized carbons (Fsp3) is 0.136. The molecule has 0 fully saturated rings. The quantitative estimate of drug-likeness (QED) is 0.547. The number of hydrogen-bond donors (Lipinski definition) is 1. The molecule has 1 N–H and O–H groups in total. The Morgan fingerprint density at radius 2 is 1.68 bits per heavy atom. The van der Waals surface area contributed by atoms with Crippen molar-refractivity contribution < 1.29 is 4.79 Å².